The Morgan fingerprint density at radius 3 is 1.38 bits per heavy atom. The van der Waals surface area contributed by atoms with E-state index < -0.39 is 0 Å². The molecular weight excluding hydrogens is 243 g/mol. The molecule has 0 fully saturated rings. The maximum atomic E-state index is 2.15. The summed E-state index contributed by atoms with van der Waals surface area (Å²) in [6.45, 7) is 0. The van der Waals surface area contributed by atoms with Crippen LogP contribution in [0.4, 0.5) is 0 Å². The van der Waals surface area contributed by atoms with E-state index in [-0.39, 0.29) is 12.4 Å². The van der Waals surface area contributed by atoms with Gasteiger partial charge in [0.15, 0.2) is 0 Å². The van der Waals surface area contributed by atoms with E-state index in [4.69, 9.17) is 0 Å². The lowest BCUT2D eigenvalue weighted by atomic mass is 10.8. The molecule has 0 heterocycles. The summed E-state index contributed by atoms with van der Waals surface area (Å²) < 4.78 is 2.15. The van der Waals surface area contributed by atoms with E-state index in [1.54, 1.807) is 0 Å². The molecule has 0 aromatic heterocycles. The summed E-state index contributed by atoms with van der Waals surface area (Å²) >= 11 is 0. The molecule has 0 amide bonds. The Bertz CT molecular complexity index is 258. The normalized spacial score (nSPS) is 10.4. The highest BCUT2D eigenvalue weighted by Gasteiger charge is 2.13. The van der Waals surface area contributed by atoms with Crippen molar-refractivity contribution in [1.29, 1.82) is 0 Å². The maximum absolute atomic E-state index is 2.15. The Kier molecular flexibility index (Phi) is 9.13. The van der Waals surface area contributed by atoms with Crippen molar-refractivity contribution >= 4 is 19.3 Å². The molecule has 0 aliphatic carbocycles. The molecule has 16 heavy (non-hydrogen) atoms. The highest BCUT2D eigenvalue weighted by molar-refractivity contribution is 7.58. The fourth-order valence-corrected chi connectivity index (χ4v) is 2.27. The lowest BCUT2D eigenvalue weighted by molar-refractivity contribution is -0.466. The zero-order chi connectivity index (χ0) is 12.2. The zero-order valence-electron chi connectivity index (χ0n) is 11.6. The van der Waals surface area contributed by atoms with E-state index in [2.05, 4.69) is 75.7 Å². The van der Waals surface area contributed by atoms with E-state index in [0.29, 0.717) is 0 Å². The van der Waals surface area contributed by atoms with Gasteiger partial charge >= 0.3 is 0 Å². The molecule has 0 saturated heterocycles. The van der Waals surface area contributed by atoms with Gasteiger partial charge in [-0.2, -0.15) is 0 Å². The van der Waals surface area contributed by atoms with Gasteiger partial charge in [0.2, 0.25) is 0 Å². The summed E-state index contributed by atoms with van der Waals surface area (Å²) in [5.41, 5.74) is 2.54. The molecule has 0 aromatic carbocycles. The van der Waals surface area contributed by atoms with Gasteiger partial charge in [-0.05, 0) is 28.2 Å². The molecule has 0 spiro atoms. The molecule has 0 aromatic rings. The minimum absolute atomic E-state index is 0. The molecule has 0 N–H and O–H groups in total. The third kappa shape index (κ3) is 5.80. The van der Waals surface area contributed by atoms with Gasteiger partial charge < -0.3 is 12.4 Å². The third-order valence-corrected chi connectivity index (χ3v) is 3.80. The van der Waals surface area contributed by atoms with Crippen molar-refractivity contribution in [2.45, 2.75) is 0 Å². The lowest BCUT2D eigenvalue weighted by Gasteiger charge is -2.21. The monoisotopic (exact) mass is 266 g/mol. The molecule has 0 radical (unpaired) electrons. The van der Waals surface area contributed by atoms with Crippen LogP contribution in [0, 0.1) is 0 Å². The number of rotatable bonds is 3. The van der Waals surface area contributed by atoms with E-state index in [1.165, 1.54) is 19.3 Å². The van der Waals surface area contributed by atoms with Gasteiger partial charge in [0.25, 0.3) is 5.58 Å². The number of halogens is 1. The number of nitrogens with zero attached hydrogens (tertiary/aromatic N) is 4. The molecule has 0 saturated carbocycles. The van der Waals surface area contributed by atoms with Crippen molar-refractivity contribution in [3.63, 3.8) is 0 Å². The first kappa shape index (κ1) is 18.2. The highest BCUT2D eigenvalue weighted by atomic mass is 35.5. The number of hydrogen-bond donors (Lipinski definition) is 0. The molecule has 0 bridgehead atoms. The fraction of sp³-hybridized carbons (Fsp3) is 0.800. The van der Waals surface area contributed by atoms with Crippen LogP contribution >= 0.6 is 8.20 Å². The standard InChI is InChI=1S/C10H24N4P.ClH/c1-11(2)9(12(3)4)15-10(13(5)6)14(7)8;/h1-8H3;1H/q+1;/p-1. The van der Waals surface area contributed by atoms with Gasteiger partial charge in [-0.15, -0.1) is 0 Å². The van der Waals surface area contributed by atoms with Crippen LogP contribution in [-0.2, 0) is 0 Å². The summed E-state index contributed by atoms with van der Waals surface area (Å²) in [4.78, 5) is 6.44. The Morgan fingerprint density at radius 1 is 0.812 bits per heavy atom. The molecule has 4 nitrogen and oxygen atoms in total. The molecule has 0 atom stereocenters. The molecule has 0 rings (SSSR count). The Labute approximate surface area is 108 Å². The second-order valence-corrected chi connectivity index (χ2v) is 5.31. The summed E-state index contributed by atoms with van der Waals surface area (Å²) in [6, 6.07) is 0. The lowest BCUT2D eigenvalue weighted by Crippen LogP contribution is -3.00. The van der Waals surface area contributed by atoms with Gasteiger partial charge in [0.05, 0.1) is 41.9 Å². The van der Waals surface area contributed by atoms with Crippen molar-refractivity contribution in [3.8, 4) is 0 Å². The first-order chi connectivity index (χ1) is 6.77. The molecular formula is C10H24ClN4P. The first-order valence-corrected chi connectivity index (χ1v) is 5.81. The van der Waals surface area contributed by atoms with E-state index in [1.807, 2.05) is 0 Å². The fourth-order valence-electron chi connectivity index (χ4n) is 1.29. The van der Waals surface area contributed by atoms with E-state index in [9.17, 15) is 0 Å². The quantitative estimate of drug-likeness (QED) is 0.240. The Balaban J connectivity index is 0. The Hall–Kier alpha value is -0.150. The van der Waals surface area contributed by atoms with Gasteiger partial charge in [-0.25, -0.2) is 0 Å². The smallest absolute Gasteiger partial charge is 0.298 e. The van der Waals surface area contributed by atoms with E-state index >= 15 is 0 Å². The second-order valence-electron chi connectivity index (χ2n) is 4.29. The largest absolute Gasteiger partial charge is 1.00 e. The van der Waals surface area contributed by atoms with Gasteiger partial charge in [-0.3, -0.25) is 19.3 Å². The third-order valence-electron chi connectivity index (χ3n) is 1.80. The van der Waals surface area contributed by atoms with Crippen LogP contribution in [0.2, 0.25) is 0 Å². The predicted octanol–water partition coefficient (Wildman–Crippen LogP) is -2.66. The van der Waals surface area contributed by atoms with Gasteiger partial charge in [-0.1, -0.05) is 0 Å². The minimum atomic E-state index is 0. The average molecular weight is 267 g/mol. The van der Waals surface area contributed by atoms with Crippen LogP contribution in [0.5, 0.6) is 0 Å². The summed E-state index contributed by atoms with van der Waals surface area (Å²) in [5.74, 6) is 0. The average Bonchev–Trinajstić information content (AvgIpc) is 2.01. The van der Waals surface area contributed by atoms with Crippen LogP contribution in [0.3, 0.4) is 0 Å². The van der Waals surface area contributed by atoms with Gasteiger partial charge in [0.1, 0.15) is 0 Å². The summed E-state index contributed by atoms with van der Waals surface area (Å²) in [6.07, 6.45) is 0. The molecule has 0 aliphatic heterocycles. The summed E-state index contributed by atoms with van der Waals surface area (Å²) in [5, 5.41) is 0. The van der Waals surface area contributed by atoms with Crippen molar-refractivity contribution in [2.75, 3.05) is 56.4 Å². The number of amidine groups is 1. The van der Waals surface area contributed by atoms with Crippen molar-refractivity contribution in [1.82, 2.24) is 14.7 Å². The Morgan fingerprint density at radius 2 is 1.19 bits per heavy atom. The molecule has 6 heteroatoms. The SMILES string of the molecule is CN(C)C(=PC(N(C)C)=[N+](C)C)N(C)C.[Cl-]. The predicted molar refractivity (Wildman–Crippen MR) is 70.1 cm³/mol. The zero-order valence-corrected chi connectivity index (χ0v) is 13.3. The maximum Gasteiger partial charge on any atom is 0.298 e. The molecule has 0 aliphatic rings. The van der Waals surface area contributed by atoms with Crippen LogP contribution in [0.25, 0.3) is 0 Å². The van der Waals surface area contributed by atoms with Crippen LogP contribution in [0.1, 0.15) is 0 Å². The highest BCUT2D eigenvalue weighted by Crippen LogP contribution is 2.08. The van der Waals surface area contributed by atoms with Crippen molar-refractivity contribution < 1.29 is 17.0 Å². The molecule has 96 valence electrons. The minimum Gasteiger partial charge on any atom is -1.00 e. The van der Waals surface area contributed by atoms with Crippen LogP contribution in [0.15, 0.2) is 0 Å². The topological polar surface area (TPSA) is 12.7 Å². The van der Waals surface area contributed by atoms with Gasteiger partial charge in [0, 0.05) is 0 Å². The van der Waals surface area contributed by atoms with Crippen LogP contribution < -0.4 is 12.4 Å². The van der Waals surface area contributed by atoms with Crippen molar-refractivity contribution in [2.24, 2.45) is 0 Å². The van der Waals surface area contributed by atoms with E-state index in [0.717, 1.165) is 0 Å². The van der Waals surface area contributed by atoms with Crippen molar-refractivity contribution in [3.05, 3.63) is 0 Å². The van der Waals surface area contributed by atoms with Crippen LogP contribution in [-0.4, -0.2) is 86.8 Å². The number of hydrogen-bond acceptors (Lipinski definition) is 0. The second kappa shape index (κ2) is 8.02. The summed E-state index contributed by atoms with van der Waals surface area (Å²) in [7, 11) is 17.8. The first-order valence-electron chi connectivity index (χ1n) is 4.92. The molecule has 0 unspecified atom stereocenters.